The lowest BCUT2D eigenvalue weighted by molar-refractivity contribution is 0.0748. The van der Waals surface area contributed by atoms with Crippen LogP contribution < -0.4 is 14.8 Å². The highest BCUT2D eigenvalue weighted by molar-refractivity contribution is 5.80. The maximum Gasteiger partial charge on any atom is 0.163 e. The Balaban J connectivity index is 1.82. The molecule has 1 aromatic heterocycles. The number of aliphatic hydroxyl groups is 1. The lowest BCUT2D eigenvalue weighted by atomic mass is 9.84. The zero-order chi connectivity index (χ0) is 16.4. The Morgan fingerprint density at radius 3 is 2.48 bits per heavy atom. The van der Waals surface area contributed by atoms with E-state index >= 15 is 0 Å². The number of aliphatic hydroxyl groups excluding tert-OH is 1. The normalized spacial score (nSPS) is 24.4. The fourth-order valence-electron chi connectivity index (χ4n) is 3.13. The molecule has 6 heteroatoms. The van der Waals surface area contributed by atoms with Gasteiger partial charge in [-0.05, 0) is 25.2 Å². The number of aromatic nitrogens is 2. The third-order valence-electron chi connectivity index (χ3n) is 4.52. The highest BCUT2D eigenvalue weighted by atomic mass is 16.5. The van der Waals surface area contributed by atoms with Crippen molar-refractivity contribution in [2.75, 3.05) is 19.5 Å². The van der Waals surface area contributed by atoms with Crippen LogP contribution >= 0.6 is 0 Å². The number of nitrogens with one attached hydrogen (secondary N) is 1. The van der Waals surface area contributed by atoms with E-state index in [1.54, 1.807) is 20.4 Å². The van der Waals surface area contributed by atoms with Gasteiger partial charge in [-0.2, -0.15) is 0 Å². The molecule has 0 radical (unpaired) electrons. The molecule has 0 saturated heterocycles. The Labute approximate surface area is 135 Å². The largest absolute Gasteiger partial charge is 0.493 e. The van der Waals surface area contributed by atoms with Crippen molar-refractivity contribution in [3.05, 3.63) is 18.3 Å². The van der Waals surface area contributed by atoms with Gasteiger partial charge >= 0.3 is 0 Å². The summed E-state index contributed by atoms with van der Waals surface area (Å²) in [6, 6.07) is 3.98. The maximum atomic E-state index is 9.83. The van der Waals surface area contributed by atoms with E-state index < -0.39 is 0 Å². The summed E-state index contributed by atoms with van der Waals surface area (Å²) in [5, 5.41) is 13.3. The number of nitrogens with zero attached hydrogens (tertiary/aromatic N) is 2. The van der Waals surface area contributed by atoms with E-state index in [4.69, 9.17) is 9.47 Å². The van der Waals surface area contributed by atoms with Gasteiger partial charge < -0.3 is 19.9 Å². The number of methoxy groups -OCH3 is 2. The van der Waals surface area contributed by atoms with Gasteiger partial charge in [-0.25, -0.2) is 4.98 Å². The molecule has 1 saturated carbocycles. The summed E-state index contributed by atoms with van der Waals surface area (Å²) in [6.07, 6.45) is 4.26. The van der Waals surface area contributed by atoms with E-state index in [1.807, 2.05) is 12.1 Å². The third-order valence-corrected chi connectivity index (χ3v) is 4.52. The van der Waals surface area contributed by atoms with Crippen LogP contribution in [0.1, 0.15) is 26.2 Å². The molecule has 3 atom stereocenters. The van der Waals surface area contributed by atoms with Gasteiger partial charge in [0.2, 0.25) is 0 Å². The van der Waals surface area contributed by atoms with Gasteiger partial charge in [-0.1, -0.05) is 6.92 Å². The Morgan fingerprint density at radius 1 is 1.13 bits per heavy atom. The first-order valence-electron chi connectivity index (χ1n) is 7.94. The van der Waals surface area contributed by atoms with Gasteiger partial charge in [0, 0.05) is 18.2 Å². The van der Waals surface area contributed by atoms with E-state index in [1.165, 1.54) is 0 Å². The molecule has 2 N–H and O–H groups in total. The second-order valence-corrected chi connectivity index (χ2v) is 6.15. The summed E-state index contributed by atoms with van der Waals surface area (Å²) in [7, 11) is 3.21. The number of rotatable bonds is 4. The molecule has 1 aromatic carbocycles. The van der Waals surface area contributed by atoms with Crippen molar-refractivity contribution in [1.82, 2.24) is 9.97 Å². The maximum absolute atomic E-state index is 9.83. The van der Waals surface area contributed by atoms with Crippen LogP contribution in [-0.2, 0) is 0 Å². The fraction of sp³-hybridized carbons (Fsp3) is 0.529. The SMILES string of the molecule is COc1cc2ncc(N[C@H]3CC[C@@H](O)[C@H](C)C3)nc2cc1OC. The van der Waals surface area contributed by atoms with Crippen LogP contribution in [0.4, 0.5) is 5.82 Å². The molecule has 2 aromatic rings. The minimum absolute atomic E-state index is 0.188. The molecule has 1 aliphatic rings. The molecule has 6 nitrogen and oxygen atoms in total. The average Bonchev–Trinajstić information content (AvgIpc) is 2.56. The van der Waals surface area contributed by atoms with Crippen molar-refractivity contribution >= 4 is 16.9 Å². The van der Waals surface area contributed by atoms with Gasteiger partial charge in [0.25, 0.3) is 0 Å². The van der Waals surface area contributed by atoms with Gasteiger partial charge in [-0.15, -0.1) is 0 Å². The second-order valence-electron chi connectivity index (χ2n) is 6.15. The molecule has 1 heterocycles. The Bertz CT molecular complexity index is 692. The molecule has 0 bridgehead atoms. The number of anilines is 1. The standard InChI is InChI=1S/C17H23N3O3/c1-10-6-11(4-5-14(10)21)19-17-9-18-12-7-15(22-2)16(23-3)8-13(12)20-17/h7-11,14,21H,4-6H2,1-3H3,(H,19,20)/t10-,11+,14-/m1/s1. The first-order chi connectivity index (χ1) is 11.1. The smallest absolute Gasteiger partial charge is 0.163 e. The monoisotopic (exact) mass is 317 g/mol. The third kappa shape index (κ3) is 3.32. The molecule has 0 amide bonds. The minimum atomic E-state index is -0.188. The summed E-state index contributed by atoms with van der Waals surface area (Å²) in [5.74, 6) is 2.34. The summed E-state index contributed by atoms with van der Waals surface area (Å²) >= 11 is 0. The van der Waals surface area contributed by atoms with E-state index in [0.717, 1.165) is 36.1 Å². The van der Waals surface area contributed by atoms with E-state index in [-0.39, 0.29) is 6.10 Å². The fourth-order valence-corrected chi connectivity index (χ4v) is 3.13. The Kier molecular flexibility index (Phi) is 4.52. The topological polar surface area (TPSA) is 76.5 Å². The summed E-state index contributed by atoms with van der Waals surface area (Å²) in [6.45, 7) is 2.09. The predicted molar refractivity (Wildman–Crippen MR) is 89.1 cm³/mol. The van der Waals surface area contributed by atoms with Crippen molar-refractivity contribution in [3.8, 4) is 11.5 Å². The van der Waals surface area contributed by atoms with E-state index in [9.17, 15) is 5.11 Å². The second kappa shape index (κ2) is 6.58. The number of fused-ring (bicyclic) bond motifs is 1. The van der Waals surface area contributed by atoms with Crippen LogP contribution in [0, 0.1) is 5.92 Å². The summed E-state index contributed by atoms with van der Waals surface area (Å²) in [4.78, 5) is 9.08. The number of hydrogen-bond acceptors (Lipinski definition) is 6. The predicted octanol–water partition coefficient (Wildman–Crippen LogP) is 2.61. The highest BCUT2D eigenvalue weighted by Gasteiger charge is 2.26. The van der Waals surface area contributed by atoms with Gasteiger partial charge in [0.05, 0.1) is 37.6 Å². The lowest BCUT2D eigenvalue weighted by Gasteiger charge is -2.31. The van der Waals surface area contributed by atoms with Crippen LogP contribution in [-0.4, -0.2) is 41.4 Å². The molecule has 1 fully saturated rings. The van der Waals surface area contributed by atoms with Crippen LogP contribution in [0.2, 0.25) is 0 Å². The van der Waals surface area contributed by atoms with Gasteiger partial charge in [0.15, 0.2) is 11.5 Å². The molecule has 23 heavy (non-hydrogen) atoms. The Morgan fingerprint density at radius 2 is 1.83 bits per heavy atom. The van der Waals surface area contributed by atoms with Crippen molar-refractivity contribution in [1.29, 1.82) is 0 Å². The number of ether oxygens (including phenoxy) is 2. The van der Waals surface area contributed by atoms with Crippen LogP contribution in [0.15, 0.2) is 18.3 Å². The zero-order valence-electron chi connectivity index (χ0n) is 13.7. The Hall–Kier alpha value is -2.08. The van der Waals surface area contributed by atoms with Crippen molar-refractivity contribution in [2.45, 2.75) is 38.3 Å². The summed E-state index contributed by atoms with van der Waals surface area (Å²) < 4.78 is 10.6. The summed E-state index contributed by atoms with van der Waals surface area (Å²) in [5.41, 5.74) is 1.53. The van der Waals surface area contributed by atoms with Crippen molar-refractivity contribution < 1.29 is 14.6 Å². The van der Waals surface area contributed by atoms with E-state index in [0.29, 0.717) is 23.5 Å². The molecule has 1 aliphatic carbocycles. The minimum Gasteiger partial charge on any atom is -0.493 e. The number of hydrogen-bond donors (Lipinski definition) is 2. The zero-order valence-corrected chi connectivity index (χ0v) is 13.7. The molecule has 3 rings (SSSR count). The molecule has 124 valence electrons. The molecule has 0 unspecified atom stereocenters. The lowest BCUT2D eigenvalue weighted by Crippen LogP contribution is -2.34. The van der Waals surface area contributed by atoms with Crippen LogP contribution in [0.25, 0.3) is 11.0 Å². The number of benzene rings is 1. The first-order valence-corrected chi connectivity index (χ1v) is 7.94. The molecule has 0 aliphatic heterocycles. The molecule has 0 spiro atoms. The molecular formula is C17H23N3O3. The highest BCUT2D eigenvalue weighted by Crippen LogP contribution is 2.31. The quantitative estimate of drug-likeness (QED) is 0.903. The first kappa shape index (κ1) is 15.8. The van der Waals surface area contributed by atoms with Gasteiger partial charge in [-0.3, -0.25) is 4.98 Å². The van der Waals surface area contributed by atoms with Gasteiger partial charge in [0.1, 0.15) is 5.82 Å². The van der Waals surface area contributed by atoms with Crippen molar-refractivity contribution in [3.63, 3.8) is 0 Å². The molecular weight excluding hydrogens is 294 g/mol. The van der Waals surface area contributed by atoms with Crippen molar-refractivity contribution in [2.24, 2.45) is 5.92 Å². The van der Waals surface area contributed by atoms with E-state index in [2.05, 4.69) is 22.2 Å². The van der Waals surface area contributed by atoms with Crippen LogP contribution in [0.3, 0.4) is 0 Å². The van der Waals surface area contributed by atoms with Crippen LogP contribution in [0.5, 0.6) is 11.5 Å². The average molecular weight is 317 g/mol.